The van der Waals surface area contributed by atoms with Crippen LogP contribution in [0.4, 0.5) is 0 Å². The monoisotopic (exact) mass is 390 g/mol. The largest absolute Gasteiger partial charge is 0.488 e. The Kier molecular flexibility index (Phi) is 5.38. The number of pyridine rings is 1. The minimum absolute atomic E-state index is 0.0667. The van der Waals surface area contributed by atoms with Gasteiger partial charge in [-0.25, -0.2) is 0 Å². The maximum atomic E-state index is 12.7. The van der Waals surface area contributed by atoms with Gasteiger partial charge in [0.1, 0.15) is 11.9 Å². The summed E-state index contributed by atoms with van der Waals surface area (Å²) in [4.78, 5) is 26.5. The van der Waals surface area contributed by atoms with E-state index < -0.39 is 0 Å². The molecule has 1 aliphatic rings. The Hall–Kier alpha value is -3.08. The Morgan fingerprint density at radius 2 is 1.93 bits per heavy atom. The fourth-order valence-corrected chi connectivity index (χ4v) is 3.96. The summed E-state index contributed by atoms with van der Waals surface area (Å²) in [5, 5.41) is 2.42. The first-order valence-corrected chi connectivity index (χ1v) is 10.1. The molecule has 5 nitrogen and oxygen atoms in total. The molecule has 0 N–H and O–H groups in total. The maximum absolute atomic E-state index is 12.7. The topological polar surface area (TPSA) is 51.5 Å². The van der Waals surface area contributed by atoms with E-state index in [-0.39, 0.29) is 17.6 Å². The first-order valence-electron chi connectivity index (χ1n) is 10.1. The van der Waals surface area contributed by atoms with Crippen LogP contribution >= 0.6 is 0 Å². The van der Waals surface area contributed by atoms with Crippen molar-refractivity contribution in [2.75, 3.05) is 13.1 Å². The van der Waals surface area contributed by atoms with Gasteiger partial charge in [0, 0.05) is 38.2 Å². The van der Waals surface area contributed by atoms with Crippen molar-refractivity contribution in [2.24, 2.45) is 7.05 Å². The van der Waals surface area contributed by atoms with Gasteiger partial charge in [0.25, 0.3) is 5.56 Å². The molecule has 1 atom stereocenters. The zero-order chi connectivity index (χ0) is 20.4. The molecule has 2 heterocycles. The summed E-state index contributed by atoms with van der Waals surface area (Å²) in [7, 11) is 1.74. The van der Waals surface area contributed by atoms with Crippen LogP contribution in [0.5, 0.6) is 5.75 Å². The zero-order valence-electron chi connectivity index (χ0n) is 16.9. The van der Waals surface area contributed by atoms with Crippen molar-refractivity contribution in [2.45, 2.75) is 32.3 Å². The Morgan fingerprint density at radius 1 is 1.14 bits per heavy atom. The molecule has 0 radical (unpaired) electrons. The highest BCUT2D eigenvalue weighted by Gasteiger charge is 2.27. The predicted octanol–water partition coefficient (Wildman–Crippen LogP) is 3.46. The molecule has 29 heavy (non-hydrogen) atoms. The number of ether oxygens (including phenoxy) is 1. The SMILES string of the molecule is Cc1cc(OC2CCN(C(=O)CCc3cccc4ccccc34)C2)cc(=O)n1C. The Morgan fingerprint density at radius 3 is 2.76 bits per heavy atom. The molecular weight excluding hydrogens is 364 g/mol. The zero-order valence-corrected chi connectivity index (χ0v) is 16.9. The van der Waals surface area contributed by atoms with Crippen molar-refractivity contribution in [3.63, 3.8) is 0 Å². The smallest absolute Gasteiger partial charge is 0.254 e. The lowest BCUT2D eigenvalue weighted by molar-refractivity contribution is -0.130. The summed E-state index contributed by atoms with van der Waals surface area (Å²) in [6.07, 6.45) is 1.94. The normalized spacial score (nSPS) is 16.3. The van der Waals surface area contributed by atoms with E-state index in [2.05, 4.69) is 24.3 Å². The number of benzene rings is 2. The molecule has 1 amide bonds. The summed E-state index contributed by atoms with van der Waals surface area (Å²) in [5.74, 6) is 0.741. The second kappa shape index (κ2) is 8.11. The van der Waals surface area contributed by atoms with Crippen LogP contribution in [0, 0.1) is 6.92 Å². The van der Waals surface area contributed by atoms with Crippen molar-refractivity contribution in [3.05, 3.63) is 76.2 Å². The van der Waals surface area contributed by atoms with Crippen LogP contribution in [-0.2, 0) is 18.3 Å². The Bertz CT molecular complexity index is 1100. The lowest BCUT2D eigenvalue weighted by atomic mass is 10.0. The first-order chi connectivity index (χ1) is 14.0. The van der Waals surface area contributed by atoms with E-state index in [9.17, 15) is 9.59 Å². The lowest BCUT2D eigenvalue weighted by Crippen LogP contribution is -2.31. The molecule has 3 aromatic rings. The number of hydrogen-bond acceptors (Lipinski definition) is 3. The van der Waals surface area contributed by atoms with Crippen molar-refractivity contribution in [3.8, 4) is 5.75 Å². The van der Waals surface area contributed by atoms with E-state index in [1.54, 1.807) is 11.6 Å². The van der Waals surface area contributed by atoms with Crippen molar-refractivity contribution < 1.29 is 9.53 Å². The quantitative estimate of drug-likeness (QED) is 0.670. The van der Waals surface area contributed by atoms with Gasteiger partial charge in [0.2, 0.25) is 5.91 Å². The lowest BCUT2D eigenvalue weighted by Gasteiger charge is -2.18. The second-order valence-electron chi connectivity index (χ2n) is 7.74. The molecule has 2 aromatic carbocycles. The van der Waals surface area contributed by atoms with Gasteiger partial charge in [-0.3, -0.25) is 9.59 Å². The number of carbonyl (C=O) groups excluding carboxylic acids is 1. The summed E-state index contributed by atoms with van der Waals surface area (Å²) in [5.41, 5.74) is 1.98. The molecule has 1 fully saturated rings. The summed E-state index contributed by atoms with van der Waals surface area (Å²) in [6.45, 7) is 3.15. The fourth-order valence-electron chi connectivity index (χ4n) is 3.96. The van der Waals surface area contributed by atoms with Crippen LogP contribution in [-0.4, -0.2) is 34.6 Å². The first kappa shape index (κ1) is 19.2. The van der Waals surface area contributed by atoms with Gasteiger partial charge >= 0.3 is 0 Å². The van der Waals surface area contributed by atoms with Crippen LogP contribution in [0.2, 0.25) is 0 Å². The number of aromatic nitrogens is 1. The number of carbonyl (C=O) groups is 1. The van der Waals surface area contributed by atoms with Crippen LogP contribution in [0.25, 0.3) is 10.8 Å². The van der Waals surface area contributed by atoms with E-state index >= 15 is 0 Å². The predicted molar refractivity (Wildman–Crippen MR) is 114 cm³/mol. The molecule has 1 aromatic heterocycles. The van der Waals surface area contributed by atoms with Crippen molar-refractivity contribution >= 4 is 16.7 Å². The molecule has 150 valence electrons. The third kappa shape index (κ3) is 4.19. The van der Waals surface area contributed by atoms with E-state index in [0.717, 1.165) is 18.5 Å². The Labute approximate surface area is 170 Å². The number of amides is 1. The molecule has 4 rings (SSSR count). The van der Waals surface area contributed by atoms with E-state index in [0.29, 0.717) is 25.3 Å². The average molecular weight is 390 g/mol. The van der Waals surface area contributed by atoms with Crippen molar-refractivity contribution in [1.29, 1.82) is 0 Å². The van der Waals surface area contributed by atoms with Gasteiger partial charge in [-0.1, -0.05) is 42.5 Å². The third-order valence-corrected chi connectivity index (χ3v) is 5.77. The van der Waals surface area contributed by atoms with Gasteiger partial charge in [-0.05, 0) is 35.7 Å². The summed E-state index contributed by atoms with van der Waals surface area (Å²) < 4.78 is 7.57. The molecule has 1 aliphatic heterocycles. The highest BCUT2D eigenvalue weighted by molar-refractivity contribution is 5.86. The maximum Gasteiger partial charge on any atom is 0.254 e. The van der Waals surface area contributed by atoms with Gasteiger partial charge in [0.05, 0.1) is 6.54 Å². The molecule has 1 unspecified atom stereocenters. The minimum atomic E-state index is -0.0824. The van der Waals surface area contributed by atoms with E-state index in [4.69, 9.17) is 4.74 Å². The van der Waals surface area contributed by atoms with Gasteiger partial charge in [-0.2, -0.15) is 0 Å². The third-order valence-electron chi connectivity index (χ3n) is 5.77. The standard InChI is InChI=1S/C24H26N2O3/c1-17-14-21(15-24(28)25(17)2)29-20-12-13-26(16-20)23(27)11-10-19-8-5-7-18-6-3-4-9-22(18)19/h3-9,14-15,20H,10-13,16H2,1-2H3. The number of aryl methyl sites for hydroxylation is 2. The number of likely N-dealkylation sites (tertiary alicyclic amines) is 1. The Balaban J connectivity index is 1.35. The van der Waals surface area contributed by atoms with E-state index in [1.807, 2.05) is 36.1 Å². The fraction of sp³-hybridized carbons (Fsp3) is 0.333. The van der Waals surface area contributed by atoms with Crippen LogP contribution < -0.4 is 10.3 Å². The highest BCUT2D eigenvalue weighted by Crippen LogP contribution is 2.22. The van der Waals surface area contributed by atoms with Gasteiger partial charge in [-0.15, -0.1) is 0 Å². The van der Waals surface area contributed by atoms with Crippen LogP contribution in [0.3, 0.4) is 0 Å². The molecular formula is C24H26N2O3. The summed E-state index contributed by atoms with van der Waals surface area (Å²) >= 11 is 0. The van der Waals surface area contributed by atoms with Crippen molar-refractivity contribution in [1.82, 2.24) is 9.47 Å². The van der Waals surface area contributed by atoms with E-state index in [1.165, 1.54) is 22.4 Å². The molecule has 0 spiro atoms. The minimum Gasteiger partial charge on any atom is -0.488 e. The molecule has 0 saturated carbocycles. The van der Waals surface area contributed by atoms with Crippen LogP contribution in [0.15, 0.2) is 59.4 Å². The summed E-state index contributed by atoms with van der Waals surface area (Å²) in [6, 6.07) is 17.9. The van der Waals surface area contributed by atoms with Gasteiger partial charge < -0.3 is 14.2 Å². The second-order valence-corrected chi connectivity index (χ2v) is 7.74. The number of hydrogen-bond donors (Lipinski definition) is 0. The number of nitrogens with zero attached hydrogens (tertiary/aromatic N) is 2. The molecule has 5 heteroatoms. The van der Waals surface area contributed by atoms with Gasteiger partial charge in [0.15, 0.2) is 0 Å². The number of fused-ring (bicyclic) bond motifs is 1. The van der Waals surface area contributed by atoms with Crippen LogP contribution in [0.1, 0.15) is 24.1 Å². The average Bonchev–Trinajstić information content (AvgIpc) is 3.18. The molecule has 0 bridgehead atoms. The molecule has 0 aliphatic carbocycles. The highest BCUT2D eigenvalue weighted by atomic mass is 16.5. The number of rotatable bonds is 5. The molecule has 1 saturated heterocycles.